The smallest absolute Gasteiger partial charge is 0.146 e. The molecule has 3 heteroatoms. The fourth-order valence-electron chi connectivity index (χ4n) is 5.46. The third-order valence-electron chi connectivity index (χ3n) is 7.24. The molecule has 0 bridgehead atoms. The summed E-state index contributed by atoms with van der Waals surface area (Å²) in [4.78, 5) is 5.16. The van der Waals surface area contributed by atoms with Crippen LogP contribution in [0.5, 0.6) is 0 Å². The van der Waals surface area contributed by atoms with Crippen LogP contribution in [0.4, 0.5) is 0 Å². The largest absolute Gasteiger partial charge is 0.455 e. The fourth-order valence-corrected chi connectivity index (χ4v) is 11.7. The Hall–Kier alpha value is -3.27. The SMILES string of the molecule is C[SH](c1ccccc1)(c1ccccc1)(c1cccc(Br)c1)c1cccc2c1oc1ccccc12. The van der Waals surface area contributed by atoms with Crippen LogP contribution in [0.15, 0.2) is 156 Å². The summed E-state index contributed by atoms with van der Waals surface area (Å²) in [5, 5.41) is 2.31. The van der Waals surface area contributed by atoms with Gasteiger partial charge in [-0.25, -0.2) is 0 Å². The highest BCUT2D eigenvalue weighted by atomic mass is 79.9. The zero-order valence-corrected chi connectivity index (χ0v) is 21.3. The van der Waals surface area contributed by atoms with Crippen LogP contribution in [0.2, 0.25) is 0 Å². The molecule has 5 aromatic carbocycles. The summed E-state index contributed by atoms with van der Waals surface area (Å²) in [6, 6.07) is 45.8. The van der Waals surface area contributed by atoms with E-state index in [1.54, 1.807) is 0 Å². The standard InChI is InChI=1S/C31H25BrOS/c1-34(24-13-4-2-5-14-24,25-15-6-3-7-16-25,26-17-10-12-23(32)22-26)30-21-11-19-28-27-18-8-9-20-29(27)33-31(28)30/h2-22,34H,1H3. The minimum atomic E-state index is -3.21. The van der Waals surface area contributed by atoms with Gasteiger partial charge in [0.25, 0.3) is 0 Å². The van der Waals surface area contributed by atoms with Gasteiger partial charge in [-0.15, -0.1) is 0 Å². The Kier molecular flexibility index (Phi) is 4.94. The summed E-state index contributed by atoms with van der Waals surface area (Å²) in [6.07, 6.45) is 2.47. The van der Waals surface area contributed by atoms with Gasteiger partial charge in [0.2, 0.25) is 0 Å². The van der Waals surface area contributed by atoms with E-state index in [4.69, 9.17) is 4.42 Å². The molecule has 1 nitrogen and oxygen atoms in total. The third kappa shape index (κ3) is 2.87. The van der Waals surface area contributed by atoms with Gasteiger partial charge in [0.05, 0.1) is 0 Å². The van der Waals surface area contributed by atoms with Crippen molar-refractivity contribution >= 4 is 47.0 Å². The topological polar surface area (TPSA) is 13.1 Å². The maximum absolute atomic E-state index is 6.67. The van der Waals surface area contributed by atoms with Crippen molar-refractivity contribution in [2.45, 2.75) is 19.6 Å². The quantitative estimate of drug-likeness (QED) is 0.226. The fraction of sp³-hybridized carbons (Fsp3) is 0.0323. The molecule has 0 amide bonds. The second kappa shape index (κ2) is 7.90. The zero-order chi connectivity index (χ0) is 23.2. The maximum atomic E-state index is 6.67. The van der Waals surface area contributed by atoms with E-state index in [1.165, 1.54) is 19.6 Å². The summed E-state index contributed by atoms with van der Waals surface area (Å²) in [5.74, 6) is 0. The zero-order valence-electron chi connectivity index (χ0n) is 18.9. The van der Waals surface area contributed by atoms with Crippen LogP contribution in [-0.4, -0.2) is 6.26 Å². The Bertz CT molecular complexity index is 1600. The van der Waals surface area contributed by atoms with Crippen molar-refractivity contribution in [1.29, 1.82) is 0 Å². The van der Waals surface area contributed by atoms with E-state index in [0.29, 0.717) is 0 Å². The number of hydrogen-bond donors (Lipinski definition) is 1. The van der Waals surface area contributed by atoms with E-state index in [-0.39, 0.29) is 0 Å². The molecule has 0 unspecified atom stereocenters. The van der Waals surface area contributed by atoms with Gasteiger partial charge in [-0.3, -0.25) is 0 Å². The van der Waals surface area contributed by atoms with Gasteiger partial charge in [0.1, 0.15) is 11.2 Å². The van der Waals surface area contributed by atoms with Crippen LogP contribution in [0.25, 0.3) is 21.9 Å². The molecule has 0 aliphatic carbocycles. The first-order chi connectivity index (χ1) is 16.6. The lowest BCUT2D eigenvalue weighted by Crippen LogP contribution is -2.20. The predicted molar refractivity (Wildman–Crippen MR) is 149 cm³/mol. The summed E-state index contributed by atoms with van der Waals surface area (Å²) >= 11 is 3.77. The van der Waals surface area contributed by atoms with Crippen molar-refractivity contribution in [3.63, 3.8) is 0 Å². The van der Waals surface area contributed by atoms with Crippen LogP contribution < -0.4 is 0 Å². The minimum Gasteiger partial charge on any atom is -0.455 e. The Morgan fingerprint density at radius 3 is 1.79 bits per heavy atom. The number of fused-ring (bicyclic) bond motifs is 3. The first-order valence-corrected chi connectivity index (χ1v) is 14.9. The van der Waals surface area contributed by atoms with Crippen molar-refractivity contribution in [2.24, 2.45) is 0 Å². The summed E-state index contributed by atoms with van der Waals surface area (Å²) in [5.41, 5.74) is 1.89. The number of rotatable bonds is 4. The Balaban J connectivity index is 1.89. The lowest BCUT2D eigenvalue weighted by atomic mass is 10.1. The highest BCUT2D eigenvalue weighted by molar-refractivity contribution is 9.10. The van der Waals surface area contributed by atoms with E-state index >= 15 is 0 Å². The van der Waals surface area contributed by atoms with E-state index in [9.17, 15) is 0 Å². The van der Waals surface area contributed by atoms with E-state index in [0.717, 1.165) is 26.4 Å². The molecule has 0 aliphatic heterocycles. The Morgan fingerprint density at radius 1 is 0.559 bits per heavy atom. The summed E-state index contributed by atoms with van der Waals surface area (Å²) in [7, 11) is -3.21. The average molecular weight is 526 g/mol. The van der Waals surface area contributed by atoms with Crippen molar-refractivity contribution in [1.82, 2.24) is 0 Å². The molecule has 1 heterocycles. The molecule has 34 heavy (non-hydrogen) atoms. The Labute approximate surface area is 208 Å². The van der Waals surface area contributed by atoms with Crippen molar-refractivity contribution in [3.8, 4) is 0 Å². The van der Waals surface area contributed by atoms with Crippen molar-refractivity contribution < 1.29 is 4.42 Å². The lowest BCUT2D eigenvalue weighted by Gasteiger charge is -2.60. The van der Waals surface area contributed by atoms with Crippen molar-refractivity contribution in [2.75, 3.05) is 6.26 Å². The molecule has 6 rings (SSSR count). The van der Waals surface area contributed by atoms with Crippen LogP contribution in [0.3, 0.4) is 0 Å². The second-order valence-electron chi connectivity index (χ2n) is 8.97. The van der Waals surface area contributed by atoms with Crippen LogP contribution >= 0.6 is 25.1 Å². The van der Waals surface area contributed by atoms with Gasteiger partial charge in [-0.2, -0.15) is 9.16 Å². The van der Waals surface area contributed by atoms with E-state index in [1.807, 2.05) is 6.07 Å². The molecule has 0 aliphatic rings. The lowest BCUT2D eigenvalue weighted by molar-refractivity contribution is 0.659. The molecule has 0 fully saturated rings. The third-order valence-corrected chi connectivity index (χ3v) is 14.0. The minimum absolute atomic E-state index is 0.922. The van der Waals surface area contributed by atoms with Gasteiger partial charge in [0, 0.05) is 20.1 Å². The number of hydrogen-bond acceptors (Lipinski definition) is 1. The molecule has 1 aromatic heterocycles. The molecule has 0 atom stereocenters. The predicted octanol–water partition coefficient (Wildman–Crippen LogP) is 9.59. The highest BCUT2D eigenvalue weighted by Crippen LogP contribution is 2.88. The number of thiol groups is 1. The normalized spacial score (nSPS) is 13.1. The molecular formula is C31H25BrOS. The van der Waals surface area contributed by atoms with Crippen LogP contribution in [0, 0.1) is 0 Å². The molecule has 0 saturated carbocycles. The van der Waals surface area contributed by atoms with Crippen LogP contribution in [0.1, 0.15) is 0 Å². The molecule has 0 N–H and O–H groups in total. The maximum Gasteiger partial charge on any atom is 0.146 e. The second-order valence-corrected chi connectivity index (χ2v) is 15.0. The number of para-hydroxylation sites is 2. The number of halogens is 1. The van der Waals surface area contributed by atoms with Gasteiger partial charge in [-0.05, 0) is 45.2 Å². The molecule has 168 valence electrons. The highest BCUT2D eigenvalue weighted by Gasteiger charge is 2.46. The Morgan fingerprint density at radius 2 is 1.12 bits per heavy atom. The first kappa shape index (κ1) is 21.3. The van der Waals surface area contributed by atoms with E-state index in [2.05, 4.69) is 144 Å². The number of benzene rings is 5. The monoisotopic (exact) mass is 524 g/mol. The van der Waals surface area contributed by atoms with Gasteiger partial charge in [0.15, 0.2) is 0 Å². The van der Waals surface area contributed by atoms with Gasteiger partial charge < -0.3 is 4.42 Å². The molecule has 0 spiro atoms. The first-order valence-electron chi connectivity index (χ1n) is 11.4. The van der Waals surface area contributed by atoms with E-state index < -0.39 is 9.16 Å². The summed E-state index contributed by atoms with van der Waals surface area (Å²) < 4.78 is 7.74. The molecule has 6 aromatic rings. The number of furan rings is 1. The van der Waals surface area contributed by atoms with Crippen molar-refractivity contribution in [3.05, 3.63) is 132 Å². The molecule has 0 saturated heterocycles. The summed E-state index contributed by atoms with van der Waals surface area (Å²) in [6.45, 7) is 0. The molecular weight excluding hydrogens is 500 g/mol. The van der Waals surface area contributed by atoms with Gasteiger partial charge in [-0.1, -0.05) is 119 Å². The average Bonchev–Trinajstić information content (AvgIpc) is 3.28. The van der Waals surface area contributed by atoms with Crippen LogP contribution in [-0.2, 0) is 0 Å². The van der Waals surface area contributed by atoms with Gasteiger partial charge >= 0.3 is 0 Å². The molecule has 0 radical (unpaired) electrons.